The van der Waals surface area contributed by atoms with E-state index in [1.54, 1.807) is 13.8 Å². The summed E-state index contributed by atoms with van der Waals surface area (Å²) in [5.41, 5.74) is -0.00706. The van der Waals surface area contributed by atoms with E-state index < -0.39 is 45.8 Å². The lowest BCUT2D eigenvalue weighted by Gasteiger charge is -2.36. The van der Waals surface area contributed by atoms with Gasteiger partial charge in [-0.15, -0.1) is 0 Å². The Morgan fingerprint density at radius 2 is 1.77 bits per heavy atom. The van der Waals surface area contributed by atoms with Crippen molar-refractivity contribution in [1.82, 2.24) is 10.2 Å². The van der Waals surface area contributed by atoms with Crippen LogP contribution in [0.1, 0.15) is 51.7 Å². The fraction of sp³-hybridized carbons (Fsp3) is 0.379. The van der Waals surface area contributed by atoms with Crippen molar-refractivity contribution in [2.24, 2.45) is 5.41 Å². The van der Waals surface area contributed by atoms with Gasteiger partial charge in [0.25, 0.3) is 5.69 Å². The Kier molecular flexibility index (Phi) is 8.91. The molecule has 9 nitrogen and oxygen atoms in total. The molecule has 2 aromatic carbocycles. The van der Waals surface area contributed by atoms with Crippen LogP contribution in [-0.4, -0.2) is 46.6 Å². The number of esters is 1. The standard InChI is InChI=1S/C29H34FN3O6/c1-17-24(27(34)35)26(22-14-21(33(37)38)12-13-23(22)30)25(18(2)31-17)28(36)39-19(3)29(4,5)16-32(6)15-20-10-8-7-9-11-20/h7-14,19,26,31H,15-16H2,1-6H3,(H,34,35)/t19?,26-/m0/s1. The lowest BCUT2D eigenvalue weighted by atomic mass is 9.80. The zero-order chi connectivity index (χ0) is 29.1. The normalized spacial score (nSPS) is 16.7. The van der Waals surface area contributed by atoms with Crippen LogP contribution in [0.4, 0.5) is 10.1 Å². The van der Waals surface area contributed by atoms with E-state index in [4.69, 9.17) is 4.74 Å². The minimum absolute atomic E-state index is 0.113. The van der Waals surface area contributed by atoms with Gasteiger partial charge in [-0.3, -0.25) is 10.1 Å². The number of nitro benzene ring substituents is 1. The van der Waals surface area contributed by atoms with Crippen LogP contribution in [0.3, 0.4) is 0 Å². The number of carbonyl (C=O) groups is 2. The summed E-state index contributed by atoms with van der Waals surface area (Å²) in [4.78, 5) is 38.7. The first-order valence-electron chi connectivity index (χ1n) is 12.5. The Morgan fingerprint density at radius 3 is 2.36 bits per heavy atom. The number of allylic oxidation sites excluding steroid dienone is 2. The first-order chi connectivity index (χ1) is 18.2. The molecule has 0 fully saturated rings. The number of carbonyl (C=O) groups excluding carboxylic acids is 1. The summed E-state index contributed by atoms with van der Waals surface area (Å²) in [7, 11) is 1.97. The van der Waals surface area contributed by atoms with Crippen molar-refractivity contribution in [3.8, 4) is 0 Å². The smallest absolute Gasteiger partial charge is 0.337 e. The molecule has 1 heterocycles. The molecule has 2 N–H and O–H groups in total. The van der Waals surface area contributed by atoms with Crippen LogP contribution < -0.4 is 5.32 Å². The van der Waals surface area contributed by atoms with Crippen LogP contribution in [0.15, 0.2) is 71.1 Å². The molecule has 0 aromatic heterocycles. The molecule has 2 aromatic rings. The molecule has 2 atom stereocenters. The van der Waals surface area contributed by atoms with Crippen LogP contribution in [0, 0.1) is 21.3 Å². The number of halogens is 1. The van der Waals surface area contributed by atoms with E-state index in [1.165, 1.54) is 6.92 Å². The predicted octanol–water partition coefficient (Wildman–Crippen LogP) is 5.14. The number of carboxylic acid groups (broad SMARTS) is 1. The van der Waals surface area contributed by atoms with Crippen molar-refractivity contribution in [3.63, 3.8) is 0 Å². The highest BCUT2D eigenvalue weighted by molar-refractivity contribution is 5.99. The summed E-state index contributed by atoms with van der Waals surface area (Å²) in [6.45, 7) is 9.99. The van der Waals surface area contributed by atoms with Gasteiger partial charge in [0.1, 0.15) is 11.9 Å². The Labute approximate surface area is 227 Å². The Bertz CT molecular complexity index is 1340. The fourth-order valence-corrected chi connectivity index (χ4v) is 4.88. The number of dihydropyridines is 1. The highest BCUT2D eigenvalue weighted by Gasteiger charge is 2.41. The van der Waals surface area contributed by atoms with Gasteiger partial charge in [0, 0.05) is 47.6 Å². The zero-order valence-corrected chi connectivity index (χ0v) is 22.9. The maximum atomic E-state index is 15.1. The van der Waals surface area contributed by atoms with Gasteiger partial charge >= 0.3 is 11.9 Å². The monoisotopic (exact) mass is 539 g/mol. The summed E-state index contributed by atoms with van der Waals surface area (Å²) < 4.78 is 21.0. The molecule has 39 heavy (non-hydrogen) atoms. The number of nitro groups is 1. The third kappa shape index (κ3) is 6.69. The van der Waals surface area contributed by atoms with E-state index >= 15 is 4.39 Å². The topological polar surface area (TPSA) is 122 Å². The van der Waals surface area contributed by atoms with Crippen LogP contribution in [0.2, 0.25) is 0 Å². The van der Waals surface area contributed by atoms with Crippen molar-refractivity contribution >= 4 is 17.6 Å². The molecule has 0 aliphatic carbocycles. The summed E-state index contributed by atoms with van der Waals surface area (Å²) in [5.74, 6) is -4.49. The Morgan fingerprint density at radius 1 is 1.15 bits per heavy atom. The van der Waals surface area contributed by atoms with E-state index in [2.05, 4.69) is 10.2 Å². The number of non-ortho nitro benzene ring substituents is 1. The second-order valence-electron chi connectivity index (χ2n) is 10.6. The van der Waals surface area contributed by atoms with Crippen LogP contribution >= 0.6 is 0 Å². The highest BCUT2D eigenvalue weighted by Crippen LogP contribution is 2.41. The van der Waals surface area contributed by atoms with Crippen LogP contribution in [-0.2, 0) is 20.9 Å². The van der Waals surface area contributed by atoms with Gasteiger partial charge < -0.3 is 20.1 Å². The summed E-state index contributed by atoms with van der Waals surface area (Å²) >= 11 is 0. The molecular weight excluding hydrogens is 505 g/mol. The van der Waals surface area contributed by atoms with Crippen molar-refractivity contribution in [2.75, 3.05) is 13.6 Å². The maximum absolute atomic E-state index is 15.1. The van der Waals surface area contributed by atoms with Crippen molar-refractivity contribution in [1.29, 1.82) is 0 Å². The molecule has 208 valence electrons. The molecule has 0 saturated heterocycles. The van der Waals surface area contributed by atoms with Crippen LogP contribution in [0.25, 0.3) is 0 Å². The van der Waals surface area contributed by atoms with Gasteiger partial charge in [-0.1, -0.05) is 44.2 Å². The van der Waals surface area contributed by atoms with E-state index in [-0.39, 0.29) is 28.1 Å². The van der Waals surface area contributed by atoms with E-state index in [1.807, 2.05) is 51.2 Å². The minimum Gasteiger partial charge on any atom is -0.478 e. The number of aliphatic carboxylic acids is 1. The van der Waals surface area contributed by atoms with Gasteiger partial charge in [0.15, 0.2) is 0 Å². The highest BCUT2D eigenvalue weighted by atomic mass is 19.1. The van der Waals surface area contributed by atoms with Gasteiger partial charge in [-0.25, -0.2) is 14.0 Å². The molecular formula is C29H34FN3O6. The van der Waals surface area contributed by atoms with E-state index in [9.17, 15) is 24.8 Å². The minimum atomic E-state index is -1.41. The number of hydrogen-bond acceptors (Lipinski definition) is 7. The average Bonchev–Trinajstić information content (AvgIpc) is 2.83. The quantitative estimate of drug-likeness (QED) is 0.242. The summed E-state index contributed by atoms with van der Waals surface area (Å²) in [6, 6.07) is 12.8. The van der Waals surface area contributed by atoms with Gasteiger partial charge in [0.2, 0.25) is 0 Å². The van der Waals surface area contributed by atoms with Crippen molar-refractivity contribution in [2.45, 2.75) is 53.2 Å². The maximum Gasteiger partial charge on any atom is 0.337 e. The first-order valence-corrected chi connectivity index (χ1v) is 12.5. The van der Waals surface area contributed by atoms with E-state index in [0.717, 1.165) is 23.8 Å². The van der Waals surface area contributed by atoms with Gasteiger partial charge in [-0.2, -0.15) is 0 Å². The zero-order valence-electron chi connectivity index (χ0n) is 22.9. The third-order valence-electron chi connectivity index (χ3n) is 7.07. The van der Waals surface area contributed by atoms with Crippen molar-refractivity contribution in [3.05, 3.63) is 98.1 Å². The number of hydrogen-bond donors (Lipinski definition) is 2. The fourth-order valence-electron chi connectivity index (χ4n) is 4.88. The molecule has 1 aliphatic heterocycles. The molecule has 0 bridgehead atoms. The second-order valence-corrected chi connectivity index (χ2v) is 10.6. The average molecular weight is 540 g/mol. The lowest BCUT2D eigenvalue weighted by molar-refractivity contribution is -0.385. The number of nitrogens with one attached hydrogen (secondary N) is 1. The molecule has 1 unspecified atom stereocenters. The number of carboxylic acids is 1. The third-order valence-corrected chi connectivity index (χ3v) is 7.07. The van der Waals surface area contributed by atoms with Gasteiger partial charge in [0.05, 0.1) is 22.0 Å². The van der Waals surface area contributed by atoms with E-state index in [0.29, 0.717) is 13.1 Å². The van der Waals surface area contributed by atoms with Gasteiger partial charge in [-0.05, 0) is 39.4 Å². The largest absolute Gasteiger partial charge is 0.478 e. The predicted molar refractivity (Wildman–Crippen MR) is 144 cm³/mol. The number of rotatable bonds is 10. The molecule has 0 spiro atoms. The molecule has 10 heteroatoms. The SMILES string of the molecule is CC1=C(C(=O)O)[C@H](c2cc([N+](=O)[O-])ccc2F)C(C(=O)OC(C)C(C)(C)CN(C)Cc2ccccc2)=C(C)N1. The number of benzene rings is 2. The second kappa shape index (κ2) is 11.8. The Balaban J connectivity index is 1.92. The molecule has 0 amide bonds. The first kappa shape index (κ1) is 29.5. The number of nitrogens with zero attached hydrogens (tertiary/aromatic N) is 2. The lowest BCUT2D eigenvalue weighted by Crippen LogP contribution is -2.42. The Hall–Kier alpha value is -4.05. The molecule has 3 rings (SSSR count). The molecule has 1 aliphatic rings. The molecule has 0 saturated carbocycles. The van der Waals surface area contributed by atoms with Crippen LogP contribution in [0.5, 0.6) is 0 Å². The van der Waals surface area contributed by atoms with Crippen molar-refractivity contribution < 1.29 is 28.7 Å². The molecule has 0 radical (unpaired) electrons. The number of ether oxygens (including phenoxy) is 1. The summed E-state index contributed by atoms with van der Waals surface area (Å²) in [6.07, 6.45) is -0.612. The summed E-state index contributed by atoms with van der Waals surface area (Å²) in [5, 5.41) is 24.3.